The summed E-state index contributed by atoms with van der Waals surface area (Å²) in [5.74, 6) is 1.46. The molecule has 3 rings (SSSR count). The van der Waals surface area contributed by atoms with Crippen LogP contribution in [0.1, 0.15) is 5.69 Å². The first kappa shape index (κ1) is 15.6. The molecule has 0 aliphatic carbocycles. The maximum absolute atomic E-state index is 12.2. The van der Waals surface area contributed by atoms with E-state index in [0.717, 1.165) is 11.5 Å². The maximum atomic E-state index is 12.2. The lowest BCUT2D eigenvalue weighted by Gasteiger charge is -2.36. The van der Waals surface area contributed by atoms with Gasteiger partial charge in [-0.3, -0.25) is 4.79 Å². The zero-order chi connectivity index (χ0) is 16.4. The molecule has 1 amide bonds. The highest BCUT2D eigenvalue weighted by Crippen LogP contribution is 2.18. The number of methoxy groups -OCH3 is 1. The summed E-state index contributed by atoms with van der Waals surface area (Å²) in [6.45, 7) is 4.83. The van der Waals surface area contributed by atoms with E-state index in [9.17, 15) is 4.79 Å². The molecule has 23 heavy (non-hydrogen) atoms. The predicted octanol–water partition coefficient (Wildman–Crippen LogP) is -0.945. The Labute approximate surface area is 134 Å². The molecule has 1 unspecified atom stereocenters. The standard InChI is InChI=1S/C14H21N7O2/c1-10-7-12(21-14(18-10)16-9-17-21)19-3-5-20(6-4-19)13(22)11(15)8-23-2/h7,9,11H,3-6,8,15H2,1-2H3. The van der Waals surface area contributed by atoms with Gasteiger partial charge in [0.15, 0.2) is 0 Å². The summed E-state index contributed by atoms with van der Waals surface area (Å²) >= 11 is 0. The van der Waals surface area contributed by atoms with E-state index in [2.05, 4.69) is 20.0 Å². The fourth-order valence-electron chi connectivity index (χ4n) is 2.78. The summed E-state index contributed by atoms with van der Waals surface area (Å²) in [5, 5.41) is 4.23. The largest absolute Gasteiger partial charge is 0.383 e. The van der Waals surface area contributed by atoms with Crippen LogP contribution in [-0.2, 0) is 9.53 Å². The zero-order valence-corrected chi connectivity index (χ0v) is 13.3. The van der Waals surface area contributed by atoms with Crippen molar-refractivity contribution in [2.45, 2.75) is 13.0 Å². The minimum Gasteiger partial charge on any atom is -0.383 e. The smallest absolute Gasteiger partial charge is 0.254 e. The molecule has 0 radical (unpaired) electrons. The number of nitrogens with zero attached hydrogens (tertiary/aromatic N) is 6. The van der Waals surface area contributed by atoms with E-state index in [1.807, 2.05) is 13.0 Å². The molecule has 0 bridgehead atoms. The molecule has 1 aliphatic rings. The molecule has 1 atom stereocenters. The number of amides is 1. The van der Waals surface area contributed by atoms with Crippen molar-refractivity contribution in [3.63, 3.8) is 0 Å². The Hall–Kier alpha value is -2.26. The Morgan fingerprint density at radius 1 is 1.39 bits per heavy atom. The van der Waals surface area contributed by atoms with Crippen LogP contribution in [0.5, 0.6) is 0 Å². The van der Waals surface area contributed by atoms with Crippen molar-refractivity contribution in [1.82, 2.24) is 24.5 Å². The van der Waals surface area contributed by atoms with Gasteiger partial charge < -0.3 is 20.3 Å². The first-order chi connectivity index (χ1) is 11.1. The molecule has 2 aromatic heterocycles. The van der Waals surface area contributed by atoms with Crippen LogP contribution < -0.4 is 10.6 Å². The molecular weight excluding hydrogens is 298 g/mol. The second-order valence-corrected chi connectivity index (χ2v) is 5.60. The molecule has 9 nitrogen and oxygen atoms in total. The van der Waals surface area contributed by atoms with Crippen LogP contribution in [0.25, 0.3) is 5.78 Å². The van der Waals surface area contributed by atoms with Crippen LogP contribution >= 0.6 is 0 Å². The van der Waals surface area contributed by atoms with Gasteiger partial charge in [-0.15, -0.1) is 0 Å². The fourth-order valence-corrected chi connectivity index (χ4v) is 2.78. The number of carbonyl (C=O) groups excluding carboxylic acids is 1. The van der Waals surface area contributed by atoms with Crippen molar-refractivity contribution in [2.75, 3.05) is 44.8 Å². The Kier molecular flexibility index (Phi) is 4.39. The molecule has 2 aromatic rings. The Bertz CT molecular complexity index is 693. The van der Waals surface area contributed by atoms with Crippen LogP contribution in [0.3, 0.4) is 0 Å². The third-order valence-corrected chi connectivity index (χ3v) is 3.94. The number of piperazine rings is 1. The summed E-state index contributed by atoms with van der Waals surface area (Å²) in [6, 6.07) is 1.38. The highest BCUT2D eigenvalue weighted by molar-refractivity contribution is 5.82. The molecule has 0 aromatic carbocycles. The number of aromatic nitrogens is 4. The molecule has 0 saturated carbocycles. The SMILES string of the molecule is COCC(N)C(=O)N1CCN(c2cc(C)nc3ncnn23)CC1. The van der Waals surface area contributed by atoms with Gasteiger partial charge in [-0.05, 0) is 6.92 Å². The first-order valence-corrected chi connectivity index (χ1v) is 7.56. The number of carbonyl (C=O) groups is 1. The van der Waals surface area contributed by atoms with Gasteiger partial charge >= 0.3 is 0 Å². The summed E-state index contributed by atoms with van der Waals surface area (Å²) in [5.41, 5.74) is 6.71. The number of anilines is 1. The van der Waals surface area contributed by atoms with Gasteiger partial charge in [-0.1, -0.05) is 0 Å². The maximum Gasteiger partial charge on any atom is 0.254 e. The van der Waals surface area contributed by atoms with Gasteiger partial charge in [-0.25, -0.2) is 4.98 Å². The minimum atomic E-state index is -0.600. The molecule has 124 valence electrons. The Morgan fingerprint density at radius 3 is 2.83 bits per heavy atom. The lowest BCUT2D eigenvalue weighted by Crippen LogP contribution is -2.54. The van der Waals surface area contributed by atoms with Gasteiger partial charge in [0.05, 0.1) is 6.61 Å². The molecule has 1 saturated heterocycles. The van der Waals surface area contributed by atoms with Crippen LogP contribution in [0, 0.1) is 6.92 Å². The summed E-state index contributed by atoms with van der Waals surface area (Å²) in [7, 11) is 1.54. The van der Waals surface area contributed by atoms with E-state index in [0.29, 0.717) is 32.0 Å². The molecule has 2 N–H and O–H groups in total. The monoisotopic (exact) mass is 319 g/mol. The van der Waals surface area contributed by atoms with Crippen molar-refractivity contribution < 1.29 is 9.53 Å². The number of aryl methyl sites for hydroxylation is 1. The highest BCUT2D eigenvalue weighted by Gasteiger charge is 2.26. The van der Waals surface area contributed by atoms with Crippen LogP contribution in [0.4, 0.5) is 5.82 Å². The van der Waals surface area contributed by atoms with Gasteiger partial charge in [-0.2, -0.15) is 14.6 Å². The van der Waals surface area contributed by atoms with E-state index in [4.69, 9.17) is 10.5 Å². The van der Waals surface area contributed by atoms with Crippen LogP contribution in [0.2, 0.25) is 0 Å². The summed E-state index contributed by atoms with van der Waals surface area (Å²) in [6.07, 6.45) is 1.49. The van der Waals surface area contributed by atoms with Gasteiger partial charge in [0.1, 0.15) is 18.2 Å². The van der Waals surface area contributed by atoms with Crippen molar-refractivity contribution in [2.24, 2.45) is 5.73 Å². The topological polar surface area (TPSA) is 102 Å². The average molecular weight is 319 g/mol. The lowest BCUT2D eigenvalue weighted by atomic mass is 10.2. The van der Waals surface area contributed by atoms with E-state index < -0.39 is 6.04 Å². The first-order valence-electron chi connectivity index (χ1n) is 7.56. The predicted molar refractivity (Wildman–Crippen MR) is 84.2 cm³/mol. The van der Waals surface area contributed by atoms with Crippen molar-refractivity contribution >= 4 is 17.5 Å². The highest BCUT2D eigenvalue weighted by atomic mass is 16.5. The number of hydrogen-bond acceptors (Lipinski definition) is 7. The molecule has 1 fully saturated rings. The Balaban J connectivity index is 1.71. The fraction of sp³-hybridized carbons (Fsp3) is 0.571. The minimum absolute atomic E-state index is 0.0664. The third-order valence-electron chi connectivity index (χ3n) is 3.94. The number of ether oxygens (including phenoxy) is 1. The van der Waals surface area contributed by atoms with E-state index in [1.165, 1.54) is 6.33 Å². The van der Waals surface area contributed by atoms with Gasteiger partial charge in [0.2, 0.25) is 5.91 Å². The molecule has 9 heteroatoms. The molecular formula is C14H21N7O2. The van der Waals surface area contributed by atoms with E-state index >= 15 is 0 Å². The normalized spacial score (nSPS) is 16.8. The zero-order valence-electron chi connectivity index (χ0n) is 13.3. The number of fused-ring (bicyclic) bond motifs is 1. The van der Waals surface area contributed by atoms with Gasteiger partial charge in [0.25, 0.3) is 5.78 Å². The molecule has 0 spiro atoms. The summed E-state index contributed by atoms with van der Waals surface area (Å²) in [4.78, 5) is 24.7. The Morgan fingerprint density at radius 2 is 2.13 bits per heavy atom. The quantitative estimate of drug-likeness (QED) is 0.775. The number of hydrogen-bond donors (Lipinski definition) is 1. The van der Waals surface area contributed by atoms with E-state index in [1.54, 1.807) is 16.5 Å². The van der Waals surface area contributed by atoms with E-state index in [-0.39, 0.29) is 12.5 Å². The second kappa shape index (κ2) is 6.47. The lowest BCUT2D eigenvalue weighted by molar-refractivity contribution is -0.134. The number of rotatable bonds is 4. The second-order valence-electron chi connectivity index (χ2n) is 5.60. The van der Waals surface area contributed by atoms with Crippen molar-refractivity contribution in [1.29, 1.82) is 0 Å². The van der Waals surface area contributed by atoms with Crippen molar-refractivity contribution in [3.05, 3.63) is 18.1 Å². The van der Waals surface area contributed by atoms with Gasteiger partial charge in [0, 0.05) is 45.0 Å². The molecule has 1 aliphatic heterocycles. The third kappa shape index (κ3) is 3.10. The average Bonchev–Trinajstić information content (AvgIpc) is 3.02. The van der Waals surface area contributed by atoms with Crippen molar-refractivity contribution in [3.8, 4) is 0 Å². The molecule has 3 heterocycles. The summed E-state index contributed by atoms with van der Waals surface area (Å²) < 4.78 is 6.67. The number of nitrogens with two attached hydrogens (primary N) is 1. The van der Waals surface area contributed by atoms with Crippen LogP contribution in [0.15, 0.2) is 12.4 Å². The van der Waals surface area contributed by atoms with Crippen LogP contribution in [-0.4, -0.2) is 76.3 Å².